The van der Waals surface area contributed by atoms with Gasteiger partial charge in [0.05, 0.1) is 21.2 Å². The minimum atomic E-state index is -2.28. The number of hydrogen-bond acceptors (Lipinski definition) is 5. The van der Waals surface area contributed by atoms with E-state index in [0.29, 0.717) is 12.3 Å². The summed E-state index contributed by atoms with van der Waals surface area (Å²) in [6.07, 6.45) is 6.90. The van der Waals surface area contributed by atoms with Gasteiger partial charge >= 0.3 is 0 Å². The first-order valence-electron chi connectivity index (χ1n) is 8.09. The van der Waals surface area contributed by atoms with E-state index in [1.54, 1.807) is 0 Å². The highest BCUT2D eigenvalue weighted by molar-refractivity contribution is 7.94. The molecule has 0 saturated carbocycles. The molecule has 1 fully saturated rings. The Morgan fingerprint density at radius 2 is 1.87 bits per heavy atom. The predicted molar refractivity (Wildman–Crippen MR) is 91.0 cm³/mol. The van der Waals surface area contributed by atoms with E-state index in [4.69, 9.17) is 0 Å². The average molecular weight is 328 g/mol. The Balaban J connectivity index is 1.54. The molecule has 4 rings (SSSR count). The number of aryl methyl sites for hydroxylation is 1. The van der Waals surface area contributed by atoms with Crippen molar-refractivity contribution in [1.82, 2.24) is 9.97 Å². The molecule has 1 unspecified atom stereocenters. The van der Waals surface area contributed by atoms with Crippen molar-refractivity contribution in [2.24, 2.45) is 4.36 Å². The van der Waals surface area contributed by atoms with Gasteiger partial charge < -0.3 is 4.90 Å². The van der Waals surface area contributed by atoms with Crippen LogP contribution in [0.1, 0.15) is 24.0 Å². The maximum atomic E-state index is 13.0. The van der Waals surface area contributed by atoms with Crippen molar-refractivity contribution >= 4 is 15.7 Å². The summed E-state index contributed by atoms with van der Waals surface area (Å²) < 4.78 is 17.6. The zero-order valence-electron chi connectivity index (χ0n) is 13.0. The van der Waals surface area contributed by atoms with E-state index in [1.165, 1.54) is 18.4 Å². The van der Waals surface area contributed by atoms with Crippen LogP contribution in [0.5, 0.6) is 0 Å². The van der Waals surface area contributed by atoms with Crippen LogP contribution in [-0.4, -0.2) is 33.0 Å². The Hall–Kier alpha value is -1.95. The van der Waals surface area contributed by atoms with Crippen molar-refractivity contribution in [3.63, 3.8) is 0 Å². The van der Waals surface area contributed by atoms with E-state index in [2.05, 4.69) is 19.2 Å². The molecule has 1 saturated heterocycles. The molecule has 0 bridgehead atoms. The largest absolute Gasteiger partial charge is 0.341 e. The van der Waals surface area contributed by atoms with Crippen LogP contribution in [0.4, 0.5) is 5.95 Å². The second-order valence-corrected chi connectivity index (χ2v) is 8.46. The molecule has 1 aromatic heterocycles. The molecule has 6 heteroatoms. The van der Waals surface area contributed by atoms with Gasteiger partial charge in [0.25, 0.3) is 0 Å². The summed E-state index contributed by atoms with van der Waals surface area (Å²) in [5, 5.41) is 0. The van der Waals surface area contributed by atoms with Crippen LogP contribution in [0.25, 0.3) is 0 Å². The van der Waals surface area contributed by atoms with Crippen molar-refractivity contribution < 1.29 is 4.21 Å². The van der Waals surface area contributed by atoms with Crippen molar-refractivity contribution in [2.45, 2.75) is 30.7 Å². The molecule has 23 heavy (non-hydrogen) atoms. The summed E-state index contributed by atoms with van der Waals surface area (Å²) in [5.74, 6) is 1.42. The van der Waals surface area contributed by atoms with Gasteiger partial charge in [0, 0.05) is 36.8 Å². The lowest BCUT2D eigenvalue weighted by molar-refractivity contribution is 0.677. The molecule has 1 aromatic carbocycles. The third kappa shape index (κ3) is 2.83. The maximum Gasteiger partial charge on any atom is 0.225 e. The number of aromatic nitrogens is 2. The normalized spacial score (nSPS) is 23.0. The summed E-state index contributed by atoms with van der Waals surface area (Å²) in [7, 11) is -2.28. The number of fused-ring (bicyclic) bond motifs is 1. The number of benzene rings is 1. The van der Waals surface area contributed by atoms with Crippen molar-refractivity contribution in [3.05, 3.63) is 47.8 Å². The Morgan fingerprint density at radius 3 is 2.65 bits per heavy atom. The summed E-state index contributed by atoms with van der Waals surface area (Å²) in [4.78, 5) is 12.0. The average Bonchev–Trinajstić information content (AvgIpc) is 3.23. The van der Waals surface area contributed by atoms with Gasteiger partial charge in [-0.3, -0.25) is 0 Å². The third-order valence-corrected chi connectivity index (χ3v) is 6.89. The number of rotatable bonds is 3. The van der Waals surface area contributed by atoms with Gasteiger partial charge in [0.2, 0.25) is 5.95 Å². The summed E-state index contributed by atoms with van der Waals surface area (Å²) >= 11 is 0. The van der Waals surface area contributed by atoms with Crippen LogP contribution in [0.2, 0.25) is 0 Å². The molecule has 2 aromatic rings. The van der Waals surface area contributed by atoms with E-state index in [-0.39, 0.29) is 0 Å². The Kier molecular flexibility index (Phi) is 3.77. The maximum absolute atomic E-state index is 13.0. The van der Waals surface area contributed by atoms with Gasteiger partial charge in [0.1, 0.15) is 0 Å². The van der Waals surface area contributed by atoms with Gasteiger partial charge in [-0.05, 0) is 30.9 Å². The van der Waals surface area contributed by atoms with Crippen LogP contribution < -0.4 is 4.90 Å². The molecule has 5 nitrogen and oxygen atoms in total. The van der Waals surface area contributed by atoms with Gasteiger partial charge in [-0.1, -0.05) is 18.2 Å². The van der Waals surface area contributed by atoms with Crippen LogP contribution in [0.3, 0.4) is 0 Å². The molecule has 0 aliphatic carbocycles. The van der Waals surface area contributed by atoms with Crippen LogP contribution >= 0.6 is 0 Å². The second kappa shape index (κ2) is 5.92. The Morgan fingerprint density at radius 1 is 1.13 bits per heavy atom. The van der Waals surface area contributed by atoms with Crippen molar-refractivity contribution in [2.75, 3.05) is 23.7 Å². The SMILES string of the molecule is O=S1(=NCc2cnc(N3CCCC3)nc2)CCc2ccccc21. The summed E-state index contributed by atoms with van der Waals surface area (Å²) in [6.45, 7) is 2.48. The fourth-order valence-electron chi connectivity index (χ4n) is 3.20. The first-order valence-corrected chi connectivity index (χ1v) is 9.77. The van der Waals surface area contributed by atoms with Gasteiger partial charge in [0.15, 0.2) is 0 Å². The molecule has 0 amide bonds. The lowest BCUT2D eigenvalue weighted by atomic mass is 10.2. The molecule has 3 heterocycles. The van der Waals surface area contributed by atoms with Crippen LogP contribution in [0, 0.1) is 0 Å². The molecule has 2 aliphatic rings. The molecular weight excluding hydrogens is 308 g/mol. The molecule has 0 radical (unpaired) electrons. The molecule has 2 aliphatic heterocycles. The molecule has 1 atom stereocenters. The molecule has 120 valence electrons. The monoisotopic (exact) mass is 328 g/mol. The lowest BCUT2D eigenvalue weighted by Gasteiger charge is -2.14. The standard InChI is InChI=1S/C17H20N4OS/c22-23(10-7-15-5-1-2-6-16(15)23)20-13-14-11-18-17(19-12-14)21-8-3-4-9-21/h1-2,5-6,11-12H,3-4,7-10,13H2. The first kappa shape index (κ1) is 14.6. The van der Waals surface area contributed by atoms with E-state index >= 15 is 0 Å². The Labute approximate surface area is 137 Å². The number of anilines is 1. The Bertz CT molecular complexity index is 819. The minimum absolute atomic E-state index is 0.410. The van der Waals surface area contributed by atoms with E-state index < -0.39 is 9.73 Å². The number of hydrogen-bond donors (Lipinski definition) is 0. The third-order valence-electron chi connectivity index (χ3n) is 4.50. The fourth-order valence-corrected chi connectivity index (χ4v) is 5.42. The zero-order chi connectivity index (χ0) is 15.7. The van der Waals surface area contributed by atoms with Gasteiger partial charge in [-0.15, -0.1) is 0 Å². The van der Waals surface area contributed by atoms with Crippen molar-refractivity contribution in [3.8, 4) is 0 Å². The zero-order valence-corrected chi connectivity index (χ0v) is 13.8. The van der Waals surface area contributed by atoms with Crippen molar-refractivity contribution in [1.29, 1.82) is 0 Å². The quantitative estimate of drug-likeness (QED) is 0.869. The van der Waals surface area contributed by atoms with Crippen LogP contribution in [-0.2, 0) is 22.7 Å². The highest BCUT2D eigenvalue weighted by Gasteiger charge is 2.23. The fraction of sp³-hybridized carbons (Fsp3) is 0.412. The molecular formula is C17H20N4OS. The van der Waals surface area contributed by atoms with Crippen LogP contribution in [0.15, 0.2) is 45.9 Å². The van der Waals surface area contributed by atoms with Gasteiger partial charge in [-0.25, -0.2) is 18.5 Å². The highest BCUT2D eigenvalue weighted by atomic mass is 32.2. The smallest absolute Gasteiger partial charge is 0.225 e. The summed E-state index contributed by atoms with van der Waals surface area (Å²) in [6, 6.07) is 7.93. The second-order valence-electron chi connectivity index (χ2n) is 6.07. The van der Waals surface area contributed by atoms with E-state index in [1.807, 2.05) is 36.7 Å². The highest BCUT2D eigenvalue weighted by Crippen LogP contribution is 2.27. The summed E-state index contributed by atoms with van der Waals surface area (Å²) in [5.41, 5.74) is 2.09. The molecule has 0 spiro atoms. The number of nitrogens with zero attached hydrogens (tertiary/aromatic N) is 4. The lowest BCUT2D eigenvalue weighted by Crippen LogP contribution is -2.20. The van der Waals surface area contributed by atoms with E-state index in [0.717, 1.165) is 35.9 Å². The first-order chi connectivity index (χ1) is 11.2. The topological polar surface area (TPSA) is 58.5 Å². The minimum Gasteiger partial charge on any atom is -0.341 e. The molecule has 0 N–H and O–H groups in total. The van der Waals surface area contributed by atoms with Gasteiger partial charge in [-0.2, -0.15) is 0 Å². The van der Waals surface area contributed by atoms with E-state index in [9.17, 15) is 4.21 Å². The predicted octanol–water partition coefficient (Wildman–Crippen LogP) is 2.66.